The van der Waals surface area contributed by atoms with Gasteiger partial charge in [-0.15, -0.1) is 0 Å². The molecule has 0 bridgehead atoms. The van der Waals surface area contributed by atoms with Crippen molar-refractivity contribution in [2.75, 3.05) is 0 Å². The van der Waals surface area contributed by atoms with Crippen LogP contribution in [0.1, 0.15) is 11.5 Å². The molecule has 108 valence electrons. The predicted octanol–water partition coefficient (Wildman–Crippen LogP) is 3.73. The number of benzene rings is 1. The number of aromatic nitrogens is 1. The molecule has 1 aliphatic heterocycles. The van der Waals surface area contributed by atoms with Gasteiger partial charge in [0.25, 0.3) is 0 Å². The maximum atomic E-state index is 10.7. The van der Waals surface area contributed by atoms with Crippen molar-refractivity contribution in [3.63, 3.8) is 0 Å². The smallest absolute Gasteiger partial charge is 0.226 e. The lowest BCUT2D eigenvalue weighted by Crippen LogP contribution is -1.93. The third-order valence-corrected chi connectivity index (χ3v) is 4.39. The van der Waals surface area contributed by atoms with E-state index in [4.69, 9.17) is 9.15 Å². The highest BCUT2D eigenvalue weighted by atomic mass is 32.2. The van der Waals surface area contributed by atoms with Crippen molar-refractivity contribution < 1.29 is 13.9 Å². The molecule has 0 spiro atoms. The summed E-state index contributed by atoms with van der Waals surface area (Å²) in [5.74, 6) is 2.06. The minimum Gasteiger partial charge on any atom is -0.487 e. The average Bonchev–Trinajstić information content (AvgIpc) is 3.12. The number of rotatable bonds is 5. The van der Waals surface area contributed by atoms with Crippen molar-refractivity contribution >= 4 is 16.5 Å². The summed E-state index contributed by atoms with van der Waals surface area (Å²) in [6, 6.07) is 9.75. The van der Waals surface area contributed by atoms with Crippen LogP contribution in [-0.2, 0) is 16.1 Å². The Morgan fingerprint density at radius 3 is 2.86 bits per heavy atom. The SMILES string of the molecule is Cc1oc(-c2ccccc2)nc1COC1=C[SH](C=O)C=C1. The topological polar surface area (TPSA) is 52.3 Å². The zero-order valence-corrected chi connectivity index (χ0v) is 12.4. The molecule has 0 radical (unpaired) electrons. The number of allylic oxidation sites excluding steroid dienone is 1. The molecule has 21 heavy (non-hydrogen) atoms. The molecule has 4 nitrogen and oxygen atoms in total. The summed E-state index contributed by atoms with van der Waals surface area (Å²) in [6.07, 6.45) is 1.83. The third kappa shape index (κ3) is 3.08. The zero-order chi connectivity index (χ0) is 14.7. The largest absolute Gasteiger partial charge is 0.487 e. The lowest BCUT2D eigenvalue weighted by molar-refractivity contribution is 0.208. The molecular formula is C16H15NO3S. The highest BCUT2D eigenvalue weighted by molar-refractivity contribution is 8.33. The van der Waals surface area contributed by atoms with E-state index in [9.17, 15) is 4.79 Å². The van der Waals surface area contributed by atoms with Crippen LogP contribution in [-0.4, -0.2) is 10.6 Å². The van der Waals surface area contributed by atoms with Crippen LogP contribution in [0.3, 0.4) is 0 Å². The van der Waals surface area contributed by atoms with Gasteiger partial charge in [-0.2, -0.15) is 10.9 Å². The Balaban J connectivity index is 1.71. The number of aryl methyl sites for hydroxylation is 1. The molecule has 2 heterocycles. The fraction of sp³-hybridized carbons (Fsp3) is 0.125. The molecule has 1 aromatic carbocycles. The second-order valence-corrected chi connectivity index (χ2v) is 6.24. The molecule has 1 atom stereocenters. The second-order valence-electron chi connectivity index (χ2n) is 4.58. The summed E-state index contributed by atoms with van der Waals surface area (Å²) in [4.78, 5) is 15.2. The fourth-order valence-electron chi connectivity index (χ4n) is 1.96. The van der Waals surface area contributed by atoms with E-state index in [1.165, 1.54) is 0 Å². The highest BCUT2D eigenvalue weighted by Gasteiger charge is 2.13. The van der Waals surface area contributed by atoms with Gasteiger partial charge >= 0.3 is 0 Å². The normalized spacial score (nSPS) is 18.5. The Hall–Kier alpha value is -2.27. The molecule has 1 aromatic heterocycles. The van der Waals surface area contributed by atoms with E-state index in [2.05, 4.69) is 4.98 Å². The number of carbonyl (C=O) groups is 1. The van der Waals surface area contributed by atoms with Crippen LogP contribution in [0.4, 0.5) is 0 Å². The van der Waals surface area contributed by atoms with Gasteiger partial charge in [-0.25, -0.2) is 4.98 Å². The van der Waals surface area contributed by atoms with Crippen LogP contribution in [0.15, 0.2) is 57.4 Å². The van der Waals surface area contributed by atoms with Crippen molar-refractivity contribution in [1.82, 2.24) is 4.98 Å². The Morgan fingerprint density at radius 1 is 1.33 bits per heavy atom. The van der Waals surface area contributed by atoms with Gasteiger partial charge in [0, 0.05) is 11.0 Å². The van der Waals surface area contributed by atoms with Crippen molar-refractivity contribution in [2.24, 2.45) is 0 Å². The lowest BCUT2D eigenvalue weighted by atomic mass is 10.2. The first-order chi connectivity index (χ1) is 10.3. The van der Waals surface area contributed by atoms with Crippen molar-refractivity contribution in [1.29, 1.82) is 0 Å². The molecule has 0 saturated carbocycles. The van der Waals surface area contributed by atoms with E-state index >= 15 is 0 Å². The van der Waals surface area contributed by atoms with E-state index in [-0.39, 0.29) is 0 Å². The average molecular weight is 301 g/mol. The van der Waals surface area contributed by atoms with Crippen LogP contribution in [0, 0.1) is 6.92 Å². The Labute approximate surface area is 125 Å². The summed E-state index contributed by atoms with van der Waals surface area (Å²) in [7, 11) is -0.793. The van der Waals surface area contributed by atoms with Gasteiger partial charge in [0.15, 0.2) is 5.62 Å². The molecule has 0 saturated heterocycles. The standard InChI is InChI=1S/C16H15NO3S/c1-12-15(9-19-14-7-8-21(10-14)11-18)17-16(20-12)13-5-3-2-4-6-13/h2-8,10-11,21H,9H2,1H3. The van der Waals surface area contributed by atoms with Crippen molar-refractivity contribution in [3.05, 3.63) is 64.4 Å². The first kappa shape index (κ1) is 13.7. The van der Waals surface area contributed by atoms with E-state index in [0.717, 1.165) is 28.4 Å². The summed E-state index contributed by atoms with van der Waals surface area (Å²) >= 11 is 0. The van der Waals surface area contributed by atoms with E-state index in [1.54, 1.807) is 0 Å². The lowest BCUT2D eigenvalue weighted by Gasteiger charge is -2.02. The van der Waals surface area contributed by atoms with Crippen LogP contribution < -0.4 is 0 Å². The fourth-order valence-corrected chi connectivity index (χ4v) is 2.95. The van der Waals surface area contributed by atoms with Gasteiger partial charge < -0.3 is 9.15 Å². The monoisotopic (exact) mass is 301 g/mol. The molecular weight excluding hydrogens is 286 g/mol. The van der Waals surface area contributed by atoms with Crippen LogP contribution >= 0.6 is 10.9 Å². The molecule has 0 fully saturated rings. The van der Waals surface area contributed by atoms with Crippen molar-refractivity contribution in [3.8, 4) is 11.5 Å². The summed E-state index contributed by atoms with van der Waals surface area (Å²) in [6.45, 7) is 2.20. The first-order valence-corrected chi connectivity index (χ1v) is 8.08. The van der Waals surface area contributed by atoms with Crippen LogP contribution in [0.5, 0.6) is 0 Å². The minimum absolute atomic E-state index is 0.334. The van der Waals surface area contributed by atoms with Crippen LogP contribution in [0.2, 0.25) is 0 Å². The number of ether oxygens (including phenoxy) is 1. The number of nitrogens with zero attached hydrogens (tertiary/aromatic N) is 1. The predicted molar refractivity (Wildman–Crippen MR) is 84.4 cm³/mol. The molecule has 1 aliphatic rings. The summed E-state index contributed by atoms with van der Waals surface area (Å²) in [5, 5.41) is 3.71. The molecule has 2 aromatic rings. The zero-order valence-electron chi connectivity index (χ0n) is 11.5. The van der Waals surface area contributed by atoms with Gasteiger partial charge in [0.2, 0.25) is 5.89 Å². The molecule has 0 N–H and O–H groups in total. The first-order valence-electron chi connectivity index (χ1n) is 6.53. The number of hydrogen-bond acceptors (Lipinski definition) is 4. The molecule has 3 rings (SSSR count). The molecule has 5 heteroatoms. The van der Waals surface area contributed by atoms with E-state index < -0.39 is 10.9 Å². The second kappa shape index (κ2) is 6.01. The number of oxazole rings is 1. The molecule has 0 aliphatic carbocycles. The van der Waals surface area contributed by atoms with Crippen LogP contribution in [0.25, 0.3) is 11.5 Å². The van der Waals surface area contributed by atoms with Gasteiger partial charge in [-0.05, 0) is 30.5 Å². The molecule has 0 amide bonds. The Bertz CT molecular complexity index is 704. The maximum Gasteiger partial charge on any atom is 0.226 e. The van der Waals surface area contributed by atoms with Gasteiger partial charge in [-0.1, -0.05) is 18.2 Å². The number of carbonyl (C=O) groups excluding carboxylic acids is 1. The highest BCUT2D eigenvalue weighted by Crippen LogP contribution is 2.33. The number of hydrogen-bond donors (Lipinski definition) is 1. The summed E-state index contributed by atoms with van der Waals surface area (Å²) < 4.78 is 11.3. The third-order valence-electron chi connectivity index (χ3n) is 3.10. The van der Waals surface area contributed by atoms with Crippen molar-refractivity contribution in [2.45, 2.75) is 13.5 Å². The minimum atomic E-state index is -0.793. The van der Waals surface area contributed by atoms with Gasteiger partial charge in [0.1, 0.15) is 23.8 Å². The van der Waals surface area contributed by atoms with Gasteiger partial charge in [0.05, 0.1) is 0 Å². The Morgan fingerprint density at radius 2 is 2.14 bits per heavy atom. The quantitative estimate of drug-likeness (QED) is 0.675. The maximum absolute atomic E-state index is 10.7. The van der Waals surface area contributed by atoms with Gasteiger partial charge in [-0.3, -0.25) is 4.79 Å². The molecule has 1 unspecified atom stereocenters. The Kier molecular flexibility index (Phi) is 3.92. The number of thiol groups is 1. The van der Waals surface area contributed by atoms with E-state index in [1.807, 2.05) is 54.1 Å². The summed E-state index contributed by atoms with van der Waals surface area (Å²) in [5.41, 5.74) is 2.65. The van der Waals surface area contributed by atoms with E-state index in [0.29, 0.717) is 12.5 Å².